The Labute approximate surface area is 128 Å². The van der Waals surface area contributed by atoms with Crippen molar-refractivity contribution < 1.29 is 9.53 Å². The Morgan fingerprint density at radius 1 is 1.29 bits per heavy atom. The van der Waals surface area contributed by atoms with Crippen LogP contribution in [0.4, 0.5) is 0 Å². The van der Waals surface area contributed by atoms with Gasteiger partial charge in [-0.25, -0.2) is 0 Å². The van der Waals surface area contributed by atoms with Crippen molar-refractivity contribution in [3.8, 4) is 0 Å². The summed E-state index contributed by atoms with van der Waals surface area (Å²) >= 11 is 0. The molecule has 1 aliphatic heterocycles. The predicted molar refractivity (Wildman–Crippen MR) is 85.5 cm³/mol. The summed E-state index contributed by atoms with van der Waals surface area (Å²) in [5, 5.41) is 3.25. The largest absolute Gasteiger partial charge is 0.380 e. The number of carbonyl (C=O) groups is 1. The normalized spacial score (nSPS) is 17.1. The maximum atomic E-state index is 12.2. The lowest BCUT2D eigenvalue weighted by Gasteiger charge is -2.37. The van der Waals surface area contributed by atoms with Crippen molar-refractivity contribution in [1.82, 2.24) is 15.1 Å². The summed E-state index contributed by atoms with van der Waals surface area (Å²) in [4.78, 5) is 20.6. The van der Waals surface area contributed by atoms with Crippen LogP contribution in [0.1, 0.15) is 27.7 Å². The van der Waals surface area contributed by atoms with E-state index in [-0.39, 0.29) is 11.3 Å². The minimum atomic E-state index is 0.131. The average molecular weight is 298 g/mol. The highest BCUT2D eigenvalue weighted by Crippen LogP contribution is 2.26. The van der Waals surface area contributed by atoms with Crippen molar-refractivity contribution in [2.75, 3.05) is 53.0 Å². The van der Waals surface area contributed by atoms with Gasteiger partial charge in [-0.1, -0.05) is 6.92 Å². The molecule has 0 atom stereocenters. The van der Waals surface area contributed by atoms with Gasteiger partial charge in [-0.3, -0.25) is 9.79 Å². The second-order valence-corrected chi connectivity index (χ2v) is 5.90. The van der Waals surface area contributed by atoms with Gasteiger partial charge in [0.05, 0.1) is 26.3 Å². The summed E-state index contributed by atoms with van der Waals surface area (Å²) in [7, 11) is 1.91. The molecular formula is C15H30N4O2. The van der Waals surface area contributed by atoms with Crippen LogP contribution in [-0.2, 0) is 9.53 Å². The second kappa shape index (κ2) is 8.22. The molecule has 6 nitrogen and oxygen atoms in total. The van der Waals surface area contributed by atoms with Gasteiger partial charge < -0.3 is 19.9 Å². The van der Waals surface area contributed by atoms with Crippen molar-refractivity contribution in [2.45, 2.75) is 27.7 Å². The van der Waals surface area contributed by atoms with E-state index >= 15 is 0 Å². The van der Waals surface area contributed by atoms with E-state index in [1.165, 1.54) is 0 Å². The maximum absolute atomic E-state index is 12.2. The monoisotopic (exact) mass is 298 g/mol. The van der Waals surface area contributed by atoms with Gasteiger partial charge in [0.2, 0.25) is 5.91 Å². The molecule has 1 amide bonds. The lowest BCUT2D eigenvalue weighted by Crippen LogP contribution is -2.47. The minimum Gasteiger partial charge on any atom is -0.380 e. The van der Waals surface area contributed by atoms with Gasteiger partial charge in [-0.15, -0.1) is 0 Å². The van der Waals surface area contributed by atoms with Crippen molar-refractivity contribution in [1.29, 1.82) is 0 Å². The zero-order chi connectivity index (χ0) is 15.9. The number of carbonyl (C=O) groups excluding carboxylic acids is 1. The summed E-state index contributed by atoms with van der Waals surface area (Å²) in [5.41, 5.74) is 0.143. The highest BCUT2D eigenvalue weighted by molar-refractivity contribution is 5.86. The fourth-order valence-electron chi connectivity index (χ4n) is 2.23. The number of likely N-dealkylation sites (N-methyl/N-ethyl adjacent to an activating group) is 2. The quantitative estimate of drug-likeness (QED) is 0.558. The first kappa shape index (κ1) is 17.8. The fourth-order valence-corrected chi connectivity index (χ4v) is 2.23. The Morgan fingerprint density at radius 3 is 2.33 bits per heavy atom. The molecule has 0 unspecified atom stereocenters. The summed E-state index contributed by atoms with van der Waals surface area (Å²) in [6, 6.07) is 0. The molecule has 21 heavy (non-hydrogen) atoms. The van der Waals surface area contributed by atoms with E-state index in [0.717, 1.165) is 45.4 Å². The molecule has 1 rings (SSSR count). The lowest BCUT2D eigenvalue weighted by molar-refractivity contribution is -0.131. The highest BCUT2D eigenvalue weighted by Gasteiger charge is 2.33. The summed E-state index contributed by atoms with van der Waals surface area (Å²) < 4.78 is 5.25. The molecule has 0 bridgehead atoms. The standard InChI is InChI=1S/C15H30N4O2/c1-6-16-14(17-10-15(4)11-21-12-15)18(5)9-13(20)19(7-2)8-3/h6-12H2,1-5H3,(H,16,17). The highest BCUT2D eigenvalue weighted by atomic mass is 16.5. The number of hydrogen-bond acceptors (Lipinski definition) is 3. The van der Waals surface area contributed by atoms with Crippen LogP contribution in [0.3, 0.4) is 0 Å². The van der Waals surface area contributed by atoms with Crippen molar-refractivity contribution in [2.24, 2.45) is 10.4 Å². The molecule has 0 saturated carbocycles. The molecule has 0 aromatic heterocycles. The molecular weight excluding hydrogens is 268 g/mol. The zero-order valence-electron chi connectivity index (χ0n) is 14.1. The third-order valence-electron chi connectivity index (χ3n) is 3.70. The second-order valence-electron chi connectivity index (χ2n) is 5.90. The molecule has 1 heterocycles. The van der Waals surface area contributed by atoms with Crippen LogP contribution in [0.15, 0.2) is 4.99 Å². The third kappa shape index (κ3) is 5.19. The van der Waals surface area contributed by atoms with Crippen LogP contribution in [0.2, 0.25) is 0 Å². The fraction of sp³-hybridized carbons (Fsp3) is 0.867. The number of nitrogens with one attached hydrogen (secondary N) is 1. The predicted octanol–water partition coefficient (Wildman–Crippen LogP) is 0.789. The van der Waals surface area contributed by atoms with Crippen molar-refractivity contribution >= 4 is 11.9 Å². The Bertz CT molecular complexity index is 363. The number of aliphatic imine (C=N–C) groups is 1. The maximum Gasteiger partial charge on any atom is 0.242 e. The van der Waals surface area contributed by atoms with E-state index < -0.39 is 0 Å². The number of rotatable bonds is 7. The minimum absolute atomic E-state index is 0.131. The van der Waals surface area contributed by atoms with E-state index in [1.807, 2.05) is 37.6 Å². The molecule has 1 saturated heterocycles. The van der Waals surface area contributed by atoms with Gasteiger partial charge in [0, 0.05) is 32.1 Å². The number of ether oxygens (including phenoxy) is 1. The van der Waals surface area contributed by atoms with Gasteiger partial charge in [0.15, 0.2) is 5.96 Å². The van der Waals surface area contributed by atoms with Crippen molar-refractivity contribution in [3.05, 3.63) is 0 Å². The topological polar surface area (TPSA) is 57.2 Å². The first-order valence-corrected chi connectivity index (χ1v) is 7.80. The zero-order valence-corrected chi connectivity index (χ0v) is 14.1. The Hall–Kier alpha value is -1.30. The SMILES string of the molecule is CCNC(=NCC1(C)COC1)N(C)CC(=O)N(CC)CC. The molecule has 0 aromatic carbocycles. The Morgan fingerprint density at radius 2 is 1.90 bits per heavy atom. The lowest BCUT2D eigenvalue weighted by atomic mass is 9.89. The van der Waals surface area contributed by atoms with E-state index in [4.69, 9.17) is 4.74 Å². The van der Waals surface area contributed by atoms with Crippen molar-refractivity contribution in [3.63, 3.8) is 0 Å². The van der Waals surface area contributed by atoms with Crippen LogP contribution in [0.25, 0.3) is 0 Å². The van der Waals surface area contributed by atoms with Gasteiger partial charge in [-0.2, -0.15) is 0 Å². The van der Waals surface area contributed by atoms with Crippen LogP contribution in [0.5, 0.6) is 0 Å². The number of hydrogen-bond donors (Lipinski definition) is 1. The Kier molecular flexibility index (Phi) is 6.95. The Balaban J connectivity index is 2.61. The molecule has 122 valence electrons. The summed E-state index contributed by atoms with van der Waals surface area (Å²) in [6.07, 6.45) is 0. The number of amides is 1. The molecule has 0 radical (unpaired) electrons. The smallest absolute Gasteiger partial charge is 0.242 e. The van der Waals surface area contributed by atoms with E-state index in [9.17, 15) is 4.79 Å². The number of guanidine groups is 1. The van der Waals surface area contributed by atoms with Crippen LogP contribution in [-0.4, -0.2) is 74.7 Å². The van der Waals surface area contributed by atoms with Gasteiger partial charge in [0.1, 0.15) is 0 Å². The van der Waals surface area contributed by atoms with Gasteiger partial charge >= 0.3 is 0 Å². The third-order valence-corrected chi connectivity index (χ3v) is 3.70. The molecule has 0 aliphatic carbocycles. The summed E-state index contributed by atoms with van der Waals surface area (Å²) in [6.45, 7) is 13.1. The molecule has 1 aliphatic rings. The molecule has 1 fully saturated rings. The number of nitrogens with zero attached hydrogens (tertiary/aromatic N) is 3. The van der Waals surface area contributed by atoms with E-state index in [0.29, 0.717) is 6.54 Å². The summed E-state index contributed by atoms with van der Waals surface area (Å²) in [5.74, 6) is 0.914. The average Bonchev–Trinajstić information content (AvgIpc) is 2.42. The van der Waals surface area contributed by atoms with E-state index in [1.54, 1.807) is 0 Å². The molecule has 0 aromatic rings. The van der Waals surface area contributed by atoms with Gasteiger partial charge in [-0.05, 0) is 20.8 Å². The molecule has 1 N–H and O–H groups in total. The van der Waals surface area contributed by atoms with Gasteiger partial charge in [0.25, 0.3) is 0 Å². The first-order valence-electron chi connectivity index (χ1n) is 7.80. The van der Waals surface area contributed by atoms with Crippen LogP contribution in [0, 0.1) is 5.41 Å². The van der Waals surface area contributed by atoms with E-state index in [2.05, 4.69) is 17.2 Å². The molecule has 0 spiro atoms. The first-order chi connectivity index (χ1) is 9.95. The van der Waals surface area contributed by atoms with Crippen LogP contribution >= 0.6 is 0 Å². The molecule has 6 heteroatoms. The van der Waals surface area contributed by atoms with Crippen LogP contribution < -0.4 is 5.32 Å².